The van der Waals surface area contributed by atoms with Crippen molar-refractivity contribution in [2.24, 2.45) is 0 Å². The summed E-state index contributed by atoms with van der Waals surface area (Å²) in [6, 6.07) is 12.2. The van der Waals surface area contributed by atoms with Crippen LogP contribution in [-0.2, 0) is 9.59 Å². The van der Waals surface area contributed by atoms with Gasteiger partial charge in [0.2, 0.25) is 0 Å². The number of aliphatic hydroxyl groups is 1. The van der Waals surface area contributed by atoms with E-state index in [2.05, 4.69) is 10.6 Å². The van der Waals surface area contributed by atoms with Crippen LogP contribution in [0.15, 0.2) is 48.5 Å². The quantitative estimate of drug-likeness (QED) is 0.247. The van der Waals surface area contributed by atoms with E-state index in [0.29, 0.717) is 5.75 Å². The molecule has 28 heavy (non-hydrogen) atoms. The zero-order chi connectivity index (χ0) is 20.5. The molecule has 0 aliphatic rings. The predicted molar refractivity (Wildman–Crippen MR) is 99.7 cm³/mol. The fraction of sp³-hybridized carbons (Fsp3) is 0.211. The Labute approximate surface area is 161 Å². The number of hydrogen-bond donors (Lipinski definition) is 5. The van der Waals surface area contributed by atoms with Crippen molar-refractivity contribution < 1.29 is 29.4 Å². The molecule has 0 spiro atoms. The van der Waals surface area contributed by atoms with Crippen LogP contribution in [0.5, 0.6) is 5.75 Å². The zero-order valence-electron chi connectivity index (χ0n) is 15.1. The Morgan fingerprint density at radius 2 is 1.54 bits per heavy atom. The predicted octanol–water partition coefficient (Wildman–Crippen LogP) is 0.0745. The van der Waals surface area contributed by atoms with Crippen LogP contribution in [0.4, 0.5) is 0 Å². The van der Waals surface area contributed by atoms with Crippen molar-refractivity contribution in [2.45, 2.75) is 6.04 Å². The molecular weight excluding hydrogens is 366 g/mol. The molecule has 5 N–H and O–H groups in total. The van der Waals surface area contributed by atoms with Gasteiger partial charge in [0.1, 0.15) is 12.4 Å². The maximum absolute atomic E-state index is 12.3. The second kappa shape index (κ2) is 10.0. The first-order chi connectivity index (χ1) is 13.5. The standard InChI is InChI=1S/C19H21N3O6/c1-20-18(25)16(19(26)22-27)21-17(24)14-4-2-12(3-5-14)13-6-8-15(9-7-13)28-11-10-23/h2-9,16,23,27H,10-11H2,1H3,(H,20,25)(H,21,24)(H,22,26). The van der Waals surface area contributed by atoms with Crippen molar-refractivity contribution in [2.75, 3.05) is 20.3 Å². The molecule has 3 amide bonds. The first kappa shape index (κ1) is 20.9. The molecule has 0 aromatic heterocycles. The van der Waals surface area contributed by atoms with Gasteiger partial charge in [0.05, 0.1) is 6.61 Å². The summed E-state index contributed by atoms with van der Waals surface area (Å²) in [5.74, 6) is -1.82. The number of rotatable bonds is 8. The van der Waals surface area contributed by atoms with Gasteiger partial charge in [0, 0.05) is 12.6 Å². The molecule has 0 aliphatic heterocycles. The van der Waals surface area contributed by atoms with Crippen molar-refractivity contribution in [3.05, 3.63) is 54.1 Å². The number of carbonyl (C=O) groups is 3. The summed E-state index contributed by atoms with van der Waals surface area (Å²) in [6.07, 6.45) is 0. The van der Waals surface area contributed by atoms with Crippen molar-refractivity contribution in [1.82, 2.24) is 16.1 Å². The van der Waals surface area contributed by atoms with E-state index < -0.39 is 23.8 Å². The third-order valence-corrected chi connectivity index (χ3v) is 3.85. The normalized spacial score (nSPS) is 11.2. The first-order valence-electron chi connectivity index (χ1n) is 8.40. The lowest BCUT2D eigenvalue weighted by molar-refractivity contribution is -0.137. The molecule has 2 aromatic carbocycles. The molecule has 0 aliphatic carbocycles. The Morgan fingerprint density at radius 1 is 0.964 bits per heavy atom. The highest BCUT2D eigenvalue weighted by molar-refractivity contribution is 6.08. The van der Waals surface area contributed by atoms with Gasteiger partial charge in [-0.2, -0.15) is 0 Å². The summed E-state index contributed by atoms with van der Waals surface area (Å²) >= 11 is 0. The van der Waals surface area contributed by atoms with E-state index in [0.717, 1.165) is 11.1 Å². The molecule has 0 saturated carbocycles. The minimum Gasteiger partial charge on any atom is -0.491 e. The van der Waals surface area contributed by atoms with Crippen molar-refractivity contribution in [3.8, 4) is 16.9 Å². The van der Waals surface area contributed by atoms with Gasteiger partial charge >= 0.3 is 0 Å². The Kier molecular flexibility index (Phi) is 7.49. The second-order valence-corrected chi connectivity index (χ2v) is 5.67. The minimum absolute atomic E-state index is 0.0635. The average molecular weight is 387 g/mol. The molecule has 2 rings (SSSR count). The van der Waals surface area contributed by atoms with E-state index in [4.69, 9.17) is 15.1 Å². The van der Waals surface area contributed by atoms with E-state index in [1.807, 2.05) is 12.1 Å². The fourth-order valence-corrected chi connectivity index (χ4v) is 2.39. The third kappa shape index (κ3) is 5.29. The second-order valence-electron chi connectivity index (χ2n) is 5.67. The summed E-state index contributed by atoms with van der Waals surface area (Å²) in [5, 5.41) is 22.0. The summed E-state index contributed by atoms with van der Waals surface area (Å²) < 4.78 is 5.30. The number of carbonyl (C=O) groups excluding carboxylic acids is 3. The highest BCUT2D eigenvalue weighted by atomic mass is 16.5. The Morgan fingerprint density at radius 3 is 2.04 bits per heavy atom. The van der Waals surface area contributed by atoms with Crippen LogP contribution in [0, 0.1) is 0 Å². The van der Waals surface area contributed by atoms with Crippen LogP contribution >= 0.6 is 0 Å². The zero-order valence-corrected chi connectivity index (χ0v) is 15.1. The molecule has 0 heterocycles. The largest absolute Gasteiger partial charge is 0.491 e. The Balaban J connectivity index is 2.09. The SMILES string of the molecule is CNC(=O)C(NC(=O)c1ccc(-c2ccc(OCCO)cc2)cc1)C(=O)NO. The topological polar surface area (TPSA) is 137 Å². The maximum Gasteiger partial charge on any atom is 0.275 e. The Hall–Kier alpha value is -3.43. The van der Waals surface area contributed by atoms with Crippen LogP contribution in [0.25, 0.3) is 11.1 Å². The molecule has 0 saturated heterocycles. The highest BCUT2D eigenvalue weighted by Gasteiger charge is 2.27. The van der Waals surface area contributed by atoms with Gasteiger partial charge in [0.15, 0.2) is 6.04 Å². The van der Waals surface area contributed by atoms with Gasteiger partial charge in [-0.1, -0.05) is 24.3 Å². The highest BCUT2D eigenvalue weighted by Crippen LogP contribution is 2.23. The van der Waals surface area contributed by atoms with Crippen LogP contribution in [0.1, 0.15) is 10.4 Å². The van der Waals surface area contributed by atoms with Gasteiger partial charge in [0.25, 0.3) is 17.7 Å². The maximum atomic E-state index is 12.3. The number of likely N-dealkylation sites (N-methyl/N-ethyl adjacent to an activating group) is 1. The lowest BCUT2D eigenvalue weighted by Gasteiger charge is -2.15. The number of amides is 3. The molecule has 9 heteroatoms. The molecule has 1 unspecified atom stereocenters. The molecule has 2 aromatic rings. The van der Waals surface area contributed by atoms with Crippen LogP contribution in [0.3, 0.4) is 0 Å². The van der Waals surface area contributed by atoms with Crippen molar-refractivity contribution in [1.29, 1.82) is 0 Å². The van der Waals surface area contributed by atoms with Crippen LogP contribution in [-0.4, -0.2) is 54.3 Å². The van der Waals surface area contributed by atoms with E-state index >= 15 is 0 Å². The van der Waals surface area contributed by atoms with Gasteiger partial charge in [-0.15, -0.1) is 0 Å². The van der Waals surface area contributed by atoms with Gasteiger partial charge < -0.3 is 20.5 Å². The first-order valence-corrected chi connectivity index (χ1v) is 8.40. The monoisotopic (exact) mass is 387 g/mol. The van der Waals surface area contributed by atoms with Crippen LogP contribution < -0.4 is 20.9 Å². The van der Waals surface area contributed by atoms with Gasteiger partial charge in [-0.05, 0) is 35.4 Å². The number of aliphatic hydroxyl groups excluding tert-OH is 1. The number of ether oxygens (including phenoxy) is 1. The Bertz CT molecular complexity index is 805. The fourth-order valence-electron chi connectivity index (χ4n) is 2.39. The summed E-state index contributed by atoms with van der Waals surface area (Å²) in [6.45, 7) is 0.153. The summed E-state index contributed by atoms with van der Waals surface area (Å²) in [7, 11) is 1.31. The van der Waals surface area contributed by atoms with Crippen LogP contribution in [0.2, 0.25) is 0 Å². The third-order valence-electron chi connectivity index (χ3n) is 3.85. The number of hydroxylamine groups is 1. The lowest BCUT2D eigenvalue weighted by atomic mass is 10.0. The molecule has 148 valence electrons. The summed E-state index contributed by atoms with van der Waals surface area (Å²) in [5.41, 5.74) is 3.33. The molecule has 0 bridgehead atoms. The minimum atomic E-state index is -1.56. The van der Waals surface area contributed by atoms with Gasteiger partial charge in [-0.3, -0.25) is 19.6 Å². The van der Waals surface area contributed by atoms with E-state index in [1.54, 1.807) is 36.4 Å². The van der Waals surface area contributed by atoms with E-state index in [1.165, 1.54) is 12.5 Å². The summed E-state index contributed by atoms with van der Waals surface area (Å²) in [4.78, 5) is 35.5. The molecular formula is C19H21N3O6. The molecule has 9 nitrogen and oxygen atoms in total. The average Bonchev–Trinajstić information content (AvgIpc) is 2.75. The lowest BCUT2D eigenvalue weighted by Crippen LogP contribution is -2.54. The van der Waals surface area contributed by atoms with E-state index in [-0.39, 0.29) is 18.8 Å². The number of nitrogens with one attached hydrogen (secondary N) is 3. The van der Waals surface area contributed by atoms with Crippen molar-refractivity contribution >= 4 is 17.7 Å². The molecule has 1 atom stereocenters. The smallest absolute Gasteiger partial charge is 0.275 e. The van der Waals surface area contributed by atoms with Gasteiger partial charge in [-0.25, -0.2) is 5.48 Å². The molecule has 0 radical (unpaired) electrons. The van der Waals surface area contributed by atoms with E-state index in [9.17, 15) is 14.4 Å². The number of hydrogen-bond acceptors (Lipinski definition) is 6. The number of benzene rings is 2. The van der Waals surface area contributed by atoms with Crippen molar-refractivity contribution in [3.63, 3.8) is 0 Å². The molecule has 0 fully saturated rings.